The van der Waals surface area contributed by atoms with Crippen LogP contribution in [-0.4, -0.2) is 17.7 Å². The number of nitrogens with one attached hydrogen (secondary N) is 2. The molecule has 0 bridgehead atoms. The van der Waals surface area contributed by atoms with Crippen molar-refractivity contribution in [2.24, 2.45) is 0 Å². The molecule has 106 valence electrons. The van der Waals surface area contributed by atoms with E-state index >= 15 is 0 Å². The zero-order valence-corrected chi connectivity index (χ0v) is 11.3. The first-order chi connectivity index (χ1) is 10.2. The number of hydrogen-bond donors (Lipinski definition) is 3. The molecule has 5 nitrogen and oxygen atoms in total. The number of amides is 2. The molecule has 1 atom stereocenters. The number of carbonyl (C=O) groups excluding carboxylic acids is 1. The van der Waals surface area contributed by atoms with Crippen LogP contribution in [0.1, 0.15) is 17.2 Å². The summed E-state index contributed by atoms with van der Waals surface area (Å²) in [6.07, 6.45) is 0. The largest absolute Gasteiger partial charge is 0.394 e. The molecule has 0 unspecified atom stereocenters. The predicted octanol–water partition coefficient (Wildman–Crippen LogP) is 2.41. The van der Waals surface area contributed by atoms with Gasteiger partial charge in [0.25, 0.3) is 0 Å². The molecular weight excluding hydrogens is 266 g/mol. The molecule has 0 saturated heterocycles. The zero-order valence-electron chi connectivity index (χ0n) is 11.3. The lowest BCUT2D eigenvalue weighted by molar-refractivity contribution is 0.225. The summed E-state index contributed by atoms with van der Waals surface area (Å²) in [5.41, 5.74) is 1.81. The SMILES string of the molecule is N#Cc1cccc(NC(=O)N[C@@H](CO)c2ccccc2)c1. The minimum atomic E-state index is -0.481. The molecule has 2 rings (SSSR count). The molecule has 0 fully saturated rings. The maximum absolute atomic E-state index is 11.9. The second-order valence-electron chi connectivity index (χ2n) is 4.44. The number of carbonyl (C=O) groups is 1. The Hall–Kier alpha value is -2.84. The van der Waals surface area contributed by atoms with Crippen LogP contribution >= 0.6 is 0 Å². The summed E-state index contributed by atoms with van der Waals surface area (Å²) in [7, 11) is 0. The van der Waals surface area contributed by atoms with Gasteiger partial charge in [-0.1, -0.05) is 36.4 Å². The number of benzene rings is 2. The third-order valence-corrected chi connectivity index (χ3v) is 2.94. The quantitative estimate of drug-likeness (QED) is 0.804. The van der Waals surface area contributed by atoms with Crippen LogP contribution in [0.5, 0.6) is 0 Å². The van der Waals surface area contributed by atoms with Crippen LogP contribution in [0.2, 0.25) is 0 Å². The van der Waals surface area contributed by atoms with Gasteiger partial charge in [-0.15, -0.1) is 0 Å². The summed E-state index contributed by atoms with van der Waals surface area (Å²) < 4.78 is 0. The molecule has 0 radical (unpaired) electrons. The van der Waals surface area contributed by atoms with Crippen molar-refractivity contribution in [1.29, 1.82) is 5.26 Å². The van der Waals surface area contributed by atoms with E-state index in [0.29, 0.717) is 11.3 Å². The molecule has 0 aromatic heterocycles. The second kappa shape index (κ2) is 7.08. The second-order valence-corrected chi connectivity index (χ2v) is 4.44. The van der Waals surface area contributed by atoms with Crippen LogP contribution < -0.4 is 10.6 Å². The van der Waals surface area contributed by atoms with Crippen molar-refractivity contribution in [1.82, 2.24) is 5.32 Å². The van der Waals surface area contributed by atoms with E-state index in [1.807, 2.05) is 36.4 Å². The Morgan fingerprint density at radius 3 is 2.62 bits per heavy atom. The number of nitriles is 1. The summed E-state index contributed by atoms with van der Waals surface area (Å²) in [4.78, 5) is 11.9. The molecule has 0 spiro atoms. The van der Waals surface area contributed by atoms with Crippen LogP contribution in [0, 0.1) is 11.3 Å². The highest BCUT2D eigenvalue weighted by Crippen LogP contribution is 2.13. The van der Waals surface area contributed by atoms with E-state index in [0.717, 1.165) is 5.56 Å². The monoisotopic (exact) mass is 281 g/mol. The van der Waals surface area contributed by atoms with Crippen LogP contribution in [0.15, 0.2) is 54.6 Å². The van der Waals surface area contributed by atoms with E-state index < -0.39 is 12.1 Å². The molecule has 2 aromatic carbocycles. The normalized spacial score (nSPS) is 11.2. The molecule has 0 aliphatic heterocycles. The van der Waals surface area contributed by atoms with E-state index in [9.17, 15) is 9.90 Å². The van der Waals surface area contributed by atoms with Crippen LogP contribution in [-0.2, 0) is 0 Å². The van der Waals surface area contributed by atoms with Gasteiger partial charge in [0.2, 0.25) is 0 Å². The van der Waals surface area contributed by atoms with E-state index in [2.05, 4.69) is 10.6 Å². The molecule has 2 aromatic rings. The van der Waals surface area contributed by atoms with Crippen LogP contribution in [0.3, 0.4) is 0 Å². The van der Waals surface area contributed by atoms with Gasteiger partial charge >= 0.3 is 6.03 Å². The fraction of sp³-hybridized carbons (Fsp3) is 0.125. The lowest BCUT2D eigenvalue weighted by atomic mass is 10.1. The summed E-state index contributed by atoms with van der Waals surface area (Å²) >= 11 is 0. The Morgan fingerprint density at radius 2 is 1.95 bits per heavy atom. The minimum absolute atomic E-state index is 0.199. The Balaban J connectivity index is 2.02. The van der Waals surface area contributed by atoms with E-state index in [1.165, 1.54) is 0 Å². The van der Waals surface area contributed by atoms with E-state index in [-0.39, 0.29) is 6.61 Å². The average Bonchev–Trinajstić information content (AvgIpc) is 2.53. The number of urea groups is 1. The third kappa shape index (κ3) is 4.06. The lowest BCUT2D eigenvalue weighted by Gasteiger charge is -2.17. The molecule has 21 heavy (non-hydrogen) atoms. The first-order valence-corrected chi connectivity index (χ1v) is 6.46. The topological polar surface area (TPSA) is 85.2 Å². The molecule has 0 saturated carbocycles. The highest BCUT2D eigenvalue weighted by Gasteiger charge is 2.13. The minimum Gasteiger partial charge on any atom is -0.394 e. The maximum Gasteiger partial charge on any atom is 0.319 e. The Morgan fingerprint density at radius 1 is 1.19 bits per heavy atom. The number of nitrogens with zero attached hydrogens (tertiary/aromatic N) is 1. The molecule has 0 aliphatic carbocycles. The maximum atomic E-state index is 11.9. The van der Waals surface area contributed by atoms with Crippen molar-refractivity contribution in [3.8, 4) is 6.07 Å². The Kier molecular flexibility index (Phi) is 4.91. The van der Waals surface area contributed by atoms with Crippen molar-refractivity contribution in [3.63, 3.8) is 0 Å². The van der Waals surface area contributed by atoms with Gasteiger partial charge in [-0.2, -0.15) is 5.26 Å². The van der Waals surface area contributed by atoms with Gasteiger partial charge in [0.1, 0.15) is 0 Å². The molecule has 5 heteroatoms. The number of rotatable bonds is 4. The van der Waals surface area contributed by atoms with Crippen LogP contribution in [0.4, 0.5) is 10.5 Å². The predicted molar refractivity (Wildman–Crippen MR) is 79.6 cm³/mol. The Bertz CT molecular complexity index is 650. The lowest BCUT2D eigenvalue weighted by Crippen LogP contribution is -2.34. The number of aliphatic hydroxyl groups excluding tert-OH is 1. The zero-order chi connectivity index (χ0) is 15.1. The van der Waals surface area contributed by atoms with Crippen molar-refractivity contribution in [2.45, 2.75) is 6.04 Å². The fourth-order valence-electron chi connectivity index (χ4n) is 1.91. The van der Waals surface area contributed by atoms with Gasteiger partial charge in [-0.25, -0.2) is 4.79 Å². The van der Waals surface area contributed by atoms with Gasteiger partial charge in [-0.3, -0.25) is 0 Å². The summed E-state index contributed by atoms with van der Waals surface area (Å²) in [6.45, 7) is -0.199. The van der Waals surface area contributed by atoms with Crippen molar-refractivity contribution >= 4 is 11.7 Å². The summed E-state index contributed by atoms with van der Waals surface area (Å²) in [6, 6.07) is 16.9. The van der Waals surface area contributed by atoms with Crippen molar-refractivity contribution in [2.75, 3.05) is 11.9 Å². The van der Waals surface area contributed by atoms with E-state index in [1.54, 1.807) is 24.3 Å². The Labute approximate surface area is 122 Å². The fourth-order valence-corrected chi connectivity index (χ4v) is 1.91. The molecule has 2 amide bonds. The van der Waals surface area contributed by atoms with E-state index in [4.69, 9.17) is 5.26 Å². The number of anilines is 1. The standard InChI is InChI=1S/C16H15N3O2/c17-10-12-5-4-8-14(9-12)18-16(21)19-15(11-20)13-6-2-1-3-7-13/h1-9,15,20H,11H2,(H2,18,19,21)/t15-/m0/s1. The van der Waals surface area contributed by atoms with Gasteiger partial charge in [-0.05, 0) is 23.8 Å². The molecule has 3 N–H and O–H groups in total. The summed E-state index contributed by atoms with van der Waals surface area (Å²) in [5.74, 6) is 0. The van der Waals surface area contributed by atoms with Crippen LogP contribution in [0.25, 0.3) is 0 Å². The van der Waals surface area contributed by atoms with Gasteiger partial charge in [0.05, 0.1) is 24.3 Å². The van der Waals surface area contributed by atoms with Gasteiger partial charge in [0, 0.05) is 5.69 Å². The molecule has 0 heterocycles. The van der Waals surface area contributed by atoms with Gasteiger partial charge in [0.15, 0.2) is 0 Å². The van der Waals surface area contributed by atoms with Crippen molar-refractivity contribution in [3.05, 3.63) is 65.7 Å². The average molecular weight is 281 g/mol. The molecule has 0 aliphatic rings. The smallest absolute Gasteiger partial charge is 0.319 e. The van der Waals surface area contributed by atoms with Crippen molar-refractivity contribution < 1.29 is 9.90 Å². The number of hydrogen-bond acceptors (Lipinski definition) is 3. The molecular formula is C16H15N3O2. The summed E-state index contributed by atoms with van der Waals surface area (Å²) in [5, 5.41) is 23.5. The highest BCUT2D eigenvalue weighted by atomic mass is 16.3. The number of aliphatic hydroxyl groups is 1. The third-order valence-electron chi connectivity index (χ3n) is 2.94. The first-order valence-electron chi connectivity index (χ1n) is 6.46. The highest BCUT2D eigenvalue weighted by molar-refractivity contribution is 5.89. The first kappa shape index (κ1) is 14.6. The van der Waals surface area contributed by atoms with Gasteiger partial charge < -0.3 is 15.7 Å².